The Balaban J connectivity index is 1.80. The lowest BCUT2D eigenvalue weighted by molar-refractivity contribution is 0.224. The first-order chi connectivity index (χ1) is 7.79. The third-order valence-corrected chi connectivity index (χ3v) is 3.40. The van der Waals surface area contributed by atoms with Crippen molar-refractivity contribution in [2.24, 2.45) is 0 Å². The maximum atomic E-state index is 3.48. The van der Waals surface area contributed by atoms with Gasteiger partial charge in [-0.3, -0.25) is 0 Å². The molecule has 1 aliphatic heterocycles. The van der Waals surface area contributed by atoms with E-state index < -0.39 is 0 Å². The van der Waals surface area contributed by atoms with Crippen LogP contribution in [0.3, 0.4) is 0 Å². The van der Waals surface area contributed by atoms with Gasteiger partial charge in [-0.2, -0.15) is 0 Å². The lowest BCUT2D eigenvalue weighted by atomic mass is 10.1. The van der Waals surface area contributed by atoms with Crippen LogP contribution in [-0.2, 0) is 0 Å². The van der Waals surface area contributed by atoms with Crippen molar-refractivity contribution in [2.75, 3.05) is 26.2 Å². The third-order valence-electron chi connectivity index (χ3n) is 3.40. The zero-order valence-corrected chi connectivity index (χ0v) is 11.3. The highest BCUT2D eigenvalue weighted by Crippen LogP contribution is 2.10. The summed E-state index contributed by atoms with van der Waals surface area (Å²) < 4.78 is 0. The van der Waals surface area contributed by atoms with Gasteiger partial charge in [0.05, 0.1) is 0 Å². The van der Waals surface area contributed by atoms with Crippen LogP contribution in [0.25, 0.3) is 0 Å². The number of hydrogen-bond donors (Lipinski definition) is 1. The summed E-state index contributed by atoms with van der Waals surface area (Å²) in [6.45, 7) is 9.69. The van der Waals surface area contributed by atoms with E-state index in [1.165, 1.54) is 71.1 Å². The van der Waals surface area contributed by atoms with Crippen LogP contribution in [0, 0.1) is 0 Å². The van der Waals surface area contributed by atoms with Gasteiger partial charge in [0.25, 0.3) is 0 Å². The van der Waals surface area contributed by atoms with E-state index in [0.29, 0.717) is 6.04 Å². The number of nitrogens with one attached hydrogen (secondary N) is 1. The first-order valence-corrected chi connectivity index (χ1v) is 7.25. The second kappa shape index (κ2) is 9.00. The minimum atomic E-state index is 0.647. The molecule has 96 valence electrons. The molecule has 0 saturated carbocycles. The summed E-state index contributed by atoms with van der Waals surface area (Å²) in [5.74, 6) is 0. The SMILES string of the molecule is CC(C)NCCCCCCN1CCCCC1. The number of unbranched alkanes of at least 4 members (excludes halogenated alkanes) is 3. The highest BCUT2D eigenvalue weighted by Gasteiger charge is 2.08. The van der Waals surface area contributed by atoms with Gasteiger partial charge in [-0.05, 0) is 51.9 Å². The minimum absolute atomic E-state index is 0.647. The Kier molecular flexibility index (Phi) is 7.87. The second-order valence-electron chi connectivity index (χ2n) is 5.43. The summed E-state index contributed by atoms with van der Waals surface area (Å²) in [7, 11) is 0. The van der Waals surface area contributed by atoms with Gasteiger partial charge in [0.15, 0.2) is 0 Å². The van der Waals surface area contributed by atoms with Crippen LogP contribution in [0.5, 0.6) is 0 Å². The predicted molar refractivity (Wildman–Crippen MR) is 71.9 cm³/mol. The van der Waals surface area contributed by atoms with Crippen LogP contribution in [-0.4, -0.2) is 37.1 Å². The molecule has 0 unspecified atom stereocenters. The van der Waals surface area contributed by atoms with Crippen molar-refractivity contribution in [3.05, 3.63) is 0 Å². The normalized spacial score (nSPS) is 18.2. The van der Waals surface area contributed by atoms with Gasteiger partial charge in [-0.15, -0.1) is 0 Å². The molecule has 1 heterocycles. The number of likely N-dealkylation sites (tertiary alicyclic amines) is 1. The molecule has 0 aromatic rings. The minimum Gasteiger partial charge on any atom is -0.315 e. The Morgan fingerprint density at radius 3 is 2.31 bits per heavy atom. The Morgan fingerprint density at radius 1 is 0.938 bits per heavy atom. The van der Waals surface area contributed by atoms with Crippen LogP contribution in [0.1, 0.15) is 58.8 Å². The van der Waals surface area contributed by atoms with Crippen molar-refractivity contribution in [3.8, 4) is 0 Å². The molecule has 2 nitrogen and oxygen atoms in total. The lowest BCUT2D eigenvalue weighted by Crippen LogP contribution is -2.30. The molecule has 1 saturated heterocycles. The molecule has 1 fully saturated rings. The summed E-state index contributed by atoms with van der Waals surface area (Å²) in [6.07, 6.45) is 9.87. The molecule has 0 bridgehead atoms. The van der Waals surface area contributed by atoms with E-state index >= 15 is 0 Å². The van der Waals surface area contributed by atoms with E-state index in [9.17, 15) is 0 Å². The van der Waals surface area contributed by atoms with E-state index in [4.69, 9.17) is 0 Å². The van der Waals surface area contributed by atoms with Crippen LogP contribution >= 0.6 is 0 Å². The second-order valence-corrected chi connectivity index (χ2v) is 5.43. The summed E-state index contributed by atoms with van der Waals surface area (Å²) in [5.41, 5.74) is 0. The monoisotopic (exact) mass is 226 g/mol. The average Bonchev–Trinajstić information content (AvgIpc) is 2.29. The fourth-order valence-corrected chi connectivity index (χ4v) is 2.39. The molecule has 0 radical (unpaired) electrons. The van der Waals surface area contributed by atoms with E-state index in [2.05, 4.69) is 24.1 Å². The lowest BCUT2D eigenvalue weighted by Gasteiger charge is -2.26. The number of rotatable bonds is 8. The molecule has 2 heteroatoms. The molecule has 0 amide bonds. The summed E-state index contributed by atoms with van der Waals surface area (Å²) >= 11 is 0. The van der Waals surface area contributed by atoms with E-state index in [1.807, 2.05) is 0 Å². The highest BCUT2D eigenvalue weighted by molar-refractivity contribution is 4.64. The van der Waals surface area contributed by atoms with Gasteiger partial charge < -0.3 is 10.2 Å². The van der Waals surface area contributed by atoms with E-state index in [1.54, 1.807) is 0 Å². The quantitative estimate of drug-likeness (QED) is 0.640. The Hall–Kier alpha value is -0.0800. The molecule has 1 N–H and O–H groups in total. The smallest absolute Gasteiger partial charge is 0.00103 e. The van der Waals surface area contributed by atoms with Crippen molar-refractivity contribution in [1.82, 2.24) is 10.2 Å². The molecule has 1 rings (SSSR count). The maximum absolute atomic E-state index is 3.48. The molecule has 0 spiro atoms. The van der Waals surface area contributed by atoms with Crippen molar-refractivity contribution in [1.29, 1.82) is 0 Å². The van der Waals surface area contributed by atoms with Crippen LogP contribution in [0.2, 0.25) is 0 Å². The summed E-state index contributed by atoms with van der Waals surface area (Å²) in [4.78, 5) is 2.65. The van der Waals surface area contributed by atoms with Gasteiger partial charge >= 0.3 is 0 Å². The van der Waals surface area contributed by atoms with Crippen LogP contribution in [0.4, 0.5) is 0 Å². The van der Waals surface area contributed by atoms with Gasteiger partial charge in [-0.1, -0.05) is 33.1 Å². The standard InChI is InChI=1S/C14H30N2/c1-14(2)15-10-6-3-4-7-11-16-12-8-5-9-13-16/h14-15H,3-13H2,1-2H3. The van der Waals surface area contributed by atoms with Crippen molar-refractivity contribution in [2.45, 2.75) is 64.8 Å². The van der Waals surface area contributed by atoms with Gasteiger partial charge in [0.2, 0.25) is 0 Å². The zero-order valence-electron chi connectivity index (χ0n) is 11.3. The van der Waals surface area contributed by atoms with Crippen molar-refractivity contribution in [3.63, 3.8) is 0 Å². The largest absolute Gasteiger partial charge is 0.315 e. The number of piperidine rings is 1. The van der Waals surface area contributed by atoms with E-state index in [0.717, 1.165) is 0 Å². The molecule has 0 aliphatic carbocycles. The average molecular weight is 226 g/mol. The Morgan fingerprint density at radius 2 is 1.62 bits per heavy atom. The fraction of sp³-hybridized carbons (Fsp3) is 1.00. The molecule has 1 aliphatic rings. The molecule has 16 heavy (non-hydrogen) atoms. The Labute approximate surface area is 102 Å². The zero-order chi connectivity index (χ0) is 11.6. The molecule has 0 aromatic heterocycles. The van der Waals surface area contributed by atoms with Gasteiger partial charge in [0, 0.05) is 6.04 Å². The van der Waals surface area contributed by atoms with Crippen LogP contribution < -0.4 is 5.32 Å². The highest BCUT2D eigenvalue weighted by atomic mass is 15.1. The van der Waals surface area contributed by atoms with Crippen molar-refractivity contribution < 1.29 is 0 Å². The molecule has 0 atom stereocenters. The number of nitrogens with zero attached hydrogens (tertiary/aromatic N) is 1. The first-order valence-electron chi connectivity index (χ1n) is 7.25. The third kappa shape index (κ3) is 7.24. The van der Waals surface area contributed by atoms with Crippen molar-refractivity contribution >= 4 is 0 Å². The maximum Gasteiger partial charge on any atom is 0.00103 e. The van der Waals surface area contributed by atoms with Gasteiger partial charge in [0.1, 0.15) is 0 Å². The molecular formula is C14H30N2. The van der Waals surface area contributed by atoms with Gasteiger partial charge in [-0.25, -0.2) is 0 Å². The topological polar surface area (TPSA) is 15.3 Å². The summed E-state index contributed by atoms with van der Waals surface area (Å²) in [5, 5.41) is 3.48. The number of hydrogen-bond acceptors (Lipinski definition) is 2. The molecular weight excluding hydrogens is 196 g/mol. The predicted octanol–water partition coefficient (Wildman–Crippen LogP) is 3.03. The Bertz CT molecular complexity index is 151. The first kappa shape index (κ1) is 14.0. The fourth-order valence-electron chi connectivity index (χ4n) is 2.39. The molecule has 0 aromatic carbocycles. The van der Waals surface area contributed by atoms with E-state index in [-0.39, 0.29) is 0 Å². The summed E-state index contributed by atoms with van der Waals surface area (Å²) in [6, 6.07) is 0.647. The van der Waals surface area contributed by atoms with Crippen LogP contribution in [0.15, 0.2) is 0 Å².